The van der Waals surface area contributed by atoms with E-state index in [0.29, 0.717) is 13.0 Å². The van der Waals surface area contributed by atoms with E-state index in [2.05, 4.69) is 66.5 Å². The molecule has 2 aromatic carbocycles. The fourth-order valence-electron chi connectivity index (χ4n) is 4.69. The van der Waals surface area contributed by atoms with Crippen LogP contribution in [0.15, 0.2) is 60.2 Å². The van der Waals surface area contributed by atoms with Gasteiger partial charge < -0.3 is 26.6 Å². The highest BCUT2D eigenvalue weighted by atomic mass is 79.9. The van der Waals surface area contributed by atoms with E-state index in [0.717, 1.165) is 36.6 Å². The Labute approximate surface area is 251 Å². The molecular weight excluding hydrogens is 568 g/mol. The van der Waals surface area contributed by atoms with E-state index in [1.807, 2.05) is 24.0 Å². The minimum atomic E-state index is 0. The Kier molecular flexibility index (Phi) is 16.1. The van der Waals surface area contributed by atoms with Crippen LogP contribution in [0.4, 0.5) is 5.69 Å². The number of hydrogen-bond donors (Lipinski definition) is 0. The largest absolute Gasteiger partial charge is 1.00 e. The van der Waals surface area contributed by atoms with Crippen molar-refractivity contribution in [2.75, 3.05) is 11.5 Å². The highest BCUT2D eigenvalue weighted by molar-refractivity contribution is 7.09. The zero-order valence-electron chi connectivity index (χ0n) is 24.2. The maximum atomic E-state index is 12.8. The van der Waals surface area contributed by atoms with Crippen LogP contribution in [0.1, 0.15) is 100 Å². The number of amides is 1. The van der Waals surface area contributed by atoms with Gasteiger partial charge in [0.05, 0.1) is 18.0 Å². The predicted molar refractivity (Wildman–Crippen MR) is 160 cm³/mol. The number of hydrogen-bond acceptors (Lipinski definition) is 3. The molecule has 0 spiro atoms. The number of nitrogens with zero attached hydrogens (tertiary/aromatic N) is 2. The molecule has 1 aromatic heterocycles. The zero-order chi connectivity index (χ0) is 27.0. The van der Waals surface area contributed by atoms with Gasteiger partial charge in [0.15, 0.2) is 12.7 Å². The summed E-state index contributed by atoms with van der Waals surface area (Å²) in [4.78, 5) is 16.0. The lowest BCUT2D eigenvalue weighted by atomic mass is 10.1. The number of unbranched alkanes of at least 4 members (excludes halogenated alkanes) is 9. The normalized spacial score (nSPS) is 10.7. The number of halogens is 1. The molecule has 0 aliphatic carbocycles. The predicted octanol–water partition coefficient (Wildman–Crippen LogP) is 5.64. The Hall–Kier alpha value is -2.18. The van der Waals surface area contributed by atoms with E-state index in [-0.39, 0.29) is 22.9 Å². The summed E-state index contributed by atoms with van der Waals surface area (Å²) >= 11 is 1.75. The molecule has 0 saturated carbocycles. The monoisotopic (exact) mass is 614 g/mol. The molecule has 1 heterocycles. The molecule has 3 rings (SSSR count). The molecule has 0 fully saturated rings. The topological polar surface area (TPSA) is 33.4 Å². The number of rotatable bonds is 18. The first-order chi connectivity index (χ1) is 18.6. The molecule has 0 N–H and O–H groups in total. The van der Waals surface area contributed by atoms with Crippen molar-refractivity contribution < 1.29 is 31.1 Å². The van der Waals surface area contributed by atoms with Crippen LogP contribution in [-0.2, 0) is 17.9 Å². The van der Waals surface area contributed by atoms with E-state index in [1.165, 1.54) is 68.2 Å². The lowest BCUT2D eigenvalue weighted by Crippen LogP contribution is -3.00. The van der Waals surface area contributed by atoms with E-state index in [1.54, 1.807) is 11.3 Å². The molecule has 3 aromatic rings. The molecule has 0 bridgehead atoms. The Bertz CT molecular complexity index is 1070. The van der Waals surface area contributed by atoms with Crippen LogP contribution in [0.3, 0.4) is 0 Å². The second kappa shape index (κ2) is 19.0. The fourth-order valence-corrected chi connectivity index (χ4v) is 5.32. The second-order valence-corrected chi connectivity index (χ2v) is 11.4. The first-order valence-corrected chi connectivity index (χ1v) is 15.5. The van der Waals surface area contributed by atoms with E-state index >= 15 is 0 Å². The first-order valence-electron chi connectivity index (χ1n) is 14.6. The van der Waals surface area contributed by atoms with Crippen molar-refractivity contribution >= 4 is 22.9 Å². The van der Waals surface area contributed by atoms with Crippen LogP contribution in [0, 0.1) is 6.92 Å². The van der Waals surface area contributed by atoms with Crippen molar-refractivity contribution in [2.24, 2.45) is 0 Å². The minimum absolute atomic E-state index is 0. The van der Waals surface area contributed by atoms with Crippen LogP contribution in [0.5, 0.6) is 5.75 Å². The second-order valence-electron chi connectivity index (χ2n) is 10.3. The maximum absolute atomic E-state index is 12.8. The van der Waals surface area contributed by atoms with Crippen molar-refractivity contribution in [2.45, 2.75) is 104 Å². The third-order valence-electron chi connectivity index (χ3n) is 6.97. The van der Waals surface area contributed by atoms with Crippen LogP contribution >= 0.6 is 11.3 Å². The number of aromatic nitrogens is 1. The van der Waals surface area contributed by atoms with Crippen molar-refractivity contribution in [3.63, 3.8) is 0 Å². The molecule has 0 saturated heterocycles. The molecule has 0 radical (unpaired) electrons. The Morgan fingerprint density at radius 3 is 1.97 bits per heavy atom. The number of carbonyl (C=O) groups is 1. The van der Waals surface area contributed by atoms with Crippen molar-refractivity contribution in [3.05, 3.63) is 76.2 Å². The van der Waals surface area contributed by atoms with Crippen molar-refractivity contribution in [1.82, 2.24) is 0 Å². The summed E-state index contributed by atoms with van der Waals surface area (Å²) in [6.45, 7) is 8.48. The third kappa shape index (κ3) is 12.3. The molecule has 214 valence electrons. The minimum Gasteiger partial charge on any atom is -1.00 e. The van der Waals surface area contributed by atoms with Gasteiger partial charge in [-0.3, -0.25) is 4.79 Å². The van der Waals surface area contributed by atoms with Crippen LogP contribution < -0.4 is 31.2 Å². The maximum Gasteiger partial charge on any atom is 0.227 e. The lowest BCUT2D eigenvalue weighted by Gasteiger charge is -2.23. The Morgan fingerprint density at radius 1 is 0.821 bits per heavy atom. The number of anilines is 1. The van der Waals surface area contributed by atoms with Crippen molar-refractivity contribution in [3.8, 4) is 5.75 Å². The van der Waals surface area contributed by atoms with Gasteiger partial charge in [-0.25, -0.2) is 0 Å². The van der Waals surface area contributed by atoms with Gasteiger partial charge in [0, 0.05) is 17.7 Å². The highest BCUT2D eigenvalue weighted by Crippen LogP contribution is 2.21. The van der Waals surface area contributed by atoms with Crippen LogP contribution in [-0.4, -0.2) is 12.5 Å². The SMILES string of the molecule is CCCCCCCCCCCCOc1ccc(CN(C(=O)CC)c2ccc(C[n+]3csc(C)c3)cc2)cc1.[Br-]. The summed E-state index contributed by atoms with van der Waals surface area (Å²) in [6.07, 6.45) is 15.9. The standard InChI is InChI=1S/C33H47N2O2S.BrH/c1-4-6-7-8-9-10-11-12-13-14-23-37-32-21-17-30(18-22-32)26-35(33(36)5-2)31-19-15-29(16-20-31)25-34-24-28(3)38-27-34;/h15-22,24,27H,4-14,23,25-26H2,1-3H3;1H/q+1;/p-1. The van der Waals surface area contributed by atoms with Gasteiger partial charge in [0.25, 0.3) is 0 Å². The summed E-state index contributed by atoms with van der Waals surface area (Å²) in [5.74, 6) is 1.03. The average molecular weight is 616 g/mol. The van der Waals surface area contributed by atoms with E-state index < -0.39 is 0 Å². The number of thiazole rings is 1. The number of carbonyl (C=O) groups excluding carboxylic acids is 1. The summed E-state index contributed by atoms with van der Waals surface area (Å²) < 4.78 is 8.17. The Morgan fingerprint density at radius 2 is 1.41 bits per heavy atom. The van der Waals surface area contributed by atoms with Gasteiger partial charge >= 0.3 is 0 Å². The molecule has 0 unspecified atom stereocenters. The molecule has 6 heteroatoms. The van der Waals surface area contributed by atoms with Crippen LogP contribution in [0.25, 0.3) is 0 Å². The molecule has 4 nitrogen and oxygen atoms in total. The van der Waals surface area contributed by atoms with Crippen molar-refractivity contribution in [1.29, 1.82) is 0 Å². The summed E-state index contributed by atoms with van der Waals surface area (Å²) in [5.41, 5.74) is 5.41. The summed E-state index contributed by atoms with van der Waals surface area (Å²) in [6, 6.07) is 16.6. The molecule has 1 amide bonds. The van der Waals surface area contributed by atoms with E-state index in [9.17, 15) is 4.79 Å². The number of ether oxygens (including phenoxy) is 1. The van der Waals surface area contributed by atoms with Gasteiger partial charge in [-0.15, -0.1) is 0 Å². The molecular formula is C33H47BrN2O2S. The zero-order valence-corrected chi connectivity index (χ0v) is 26.6. The molecule has 0 atom stereocenters. The number of benzene rings is 2. The number of aryl methyl sites for hydroxylation is 1. The van der Waals surface area contributed by atoms with Gasteiger partial charge in [-0.05, 0) is 43.2 Å². The third-order valence-corrected chi connectivity index (χ3v) is 7.82. The Balaban J connectivity index is 0.00000533. The van der Waals surface area contributed by atoms with Crippen LogP contribution in [0.2, 0.25) is 0 Å². The summed E-state index contributed by atoms with van der Waals surface area (Å²) in [7, 11) is 0. The highest BCUT2D eigenvalue weighted by Gasteiger charge is 2.15. The molecule has 0 aliphatic heterocycles. The average Bonchev–Trinajstić information content (AvgIpc) is 3.35. The lowest BCUT2D eigenvalue weighted by molar-refractivity contribution is -0.683. The van der Waals surface area contributed by atoms with E-state index in [4.69, 9.17) is 4.74 Å². The van der Waals surface area contributed by atoms with Gasteiger partial charge in [0.2, 0.25) is 11.4 Å². The quantitative estimate of drug-likeness (QED) is 0.137. The smallest absolute Gasteiger partial charge is 0.227 e. The fraction of sp³-hybridized carbons (Fsp3) is 0.515. The van der Waals surface area contributed by atoms with Gasteiger partial charge in [-0.1, -0.05) is 107 Å². The first kappa shape index (κ1) is 33.0. The van der Waals surface area contributed by atoms with Gasteiger partial charge in [-0.2, -0.15) is 4.57 Å². The van der Waals surface area contributed by atoms with Gasteiger partial charge in [0.1, 0.15) is 5.75 Å². The molecule has 39 heavy (non-hydrogen) atoms. The summed E-state index contributed by atoms with van der Waals surface area (Å²) in [5, 5.41) is 0. The molecule has 0 aliphatic rings.